The van der Waals surface area contributed by atoms with Crippen molar-refractivity contribution in [3.8, 4) is 0 Å². The molecule has 1 aliphatic heterocycles. The zero-order valence-electron chi connectivity index (χ0n) is 6.36. The third-order valence-corrected chi connectivity index (χ3v) is 2.03. The molecule has 0 aromatic rings. The summed E-state index contributed by atoms with van der Waals surface area (Å²) in [5.41, 5.74) is 0. The average Bonchev–Trinajstić information content (AvgIpc) is 2.31. The highest BCUT2D eigenvalue weighted by Gasteiger charge is 2.21. The third-order valence-electron chi connectivity index (χ3n) is 2.03. The van der Waals surface area contributed by atoms with Gasteiger partial charge in [-0.15, -0.1) is 0 Å². The van der Waals surface area contributed by atoms with Crippen molar-refractivity contribution in [2.75, 3.05) is 19.8 Å². The van der Waals surface area contributed by atoms with Gasteiger partial charge in [0.2, 0.25) is 0 Å². The topological polar surface area (TPSA) is 24.1 Å². The number of halogens is 1. The van der Waals surface area contributed by atoms with E-state index >= 15 is 0 Å². The molecule has 0 aromatic heterocycles. The molecule has 3 heteroatoms. The predicted octanol–water partition coefficient (Wildman–Crippen LogP) is 0.296. The van der Waals surface area contributed by atoms with E-state index in [9.17, 15) is 4.39 Å². The van der Waals surface area contributed by atoms with Gasteiger partial charge in [-0.25, -0.2) is 4.39 Å². The summed E-state index contributed by atoms with van der Waals surface area (Å²) in [5.74, 6) is 0. The number of nitrogens with one attached hydrogen (secondary N) is 2. The van der Waals surface area contributed by atoms with Crippen molar-refractivity contribution < 1.29 is 4.39 Å². The summed E-state index contributed by atoms with van der Waals surface area (Å²) >= 11 is 0. The second-order valence-electron chi connectivity index (χ2n) is 2.78. The van der Waals surface area contributed by atoms with Crippen LogP contribution in [0.2, 0.25) is 0 Å². The van der Waals surface area contributed by atoms with Crippen LogP contribution in [0.25, 0.3) is 0 Å². The van der Waals surface area contributed by atoms with Gasteiger partial charge in [-0.1, -0.05) is 0 Å². The Morgan fingerprint density at radius 3 is 3.00 bits per heavy atom. The Hall–Kier alpha value is -0.150. The van der Waals surface area contributed by atoms with Crippen LogP contribution >= 0.6 is 0 Å². The Labute approximate surface area is 61.2 Å². The van der Waals surface area contributed by atoms with E-state index in [1.807, 2.05) is 0 Å². The maximum Gasteiger partial charge on any atom is 0.102 e. The number of hydrogen-bond acceptors (Lipinski definition) is 2. The molecule has 2 atom stereocenters. The Balaban J connectivity index is 2.14. The molecule has 0 saturated carbocycles. The van der Waals surface area contributed by atoms with Crippen LogP contribution in [-0.4, -0.2) is 31.8 Å². The van der Waals surface area contributed by atoms with Gasteiger partial charge < -0.3 is 10.6 Å². The molecular formula is C7H15FN2. The molecule has 1 fully saturated rings. The fraction of sp³-hybridized carbons (Fsp3) is 1.00. The Bertz CT molecular complexity index is 97.6. The molecule has 0 bridgehead atoms. The molecule has 0 spiro atoms. The van der Waals surface area contributed by atoms with E-state index in [0.717, 1.165) is 13.0 Å². The maximum absolute atomic E-state index is 11.7. The van der Waals surface area contributed by atoms with Crippen molar-refractivity contribution in [2.24, 2.45) is 0 Å². The second-order valence-corrected chi connectivity index (χ2v) is 2.78. The molecule has 0 aromatic carbocycles. The zero-order valence-corrected chi connectivity index (χ0v) is 6.36. The quantitative estimate of drug-likeness (QED) is 0.598. The van der Waals surface area contributed by atoms with Crippen molar-refractivity contribution in [2.45, 2.75) is 25.4 Å². The van der Waals surface area contributed by atoms with Gasteiger partial charge in [0, 0.05) is 18.6 Å². The molecule has 2 nitrogen and oxygen atoms in total. The molecule has 60 valence electrons. The SMILES string of the molecule is C[C@@H]1NCC[C@@H]1NCCF. The van der Waals surface area contributed by atoms with Gasteiger partial charge in [0.15, 0.2) is 0 Å². The van der Waals surface area contributed by atoms with Gasteiger partial charge >= 0.3 is 0 Å². The van der Waals surface area contributed by atoms with E-state index in [0.29, 0.717) is 18.6 Å². The summed E-state index contributed by atoms with van der Waals surface area (Å²) in [5, 5.41) is 6.44. The first-order valence-electron chi connectivity index (χ1n) is 3.87. The van der Waals surface area contributed by atoms with E-state index in [1.165, 1.54) is 0 Å². The lowest BCUT2D eigenvalue weighted by atomic mass is 10.1. The van der Waals surface area contributed by atoms with Crippen molar-refractivity contribution in [1.82, 2.24) is 10.6 Å². The lowest BCUT2D eigenvalue weighted by Crippen LogP contribution is -2.39. The van der Waals surface area contributed by atoms with Gasteiger partial charge in [-0.3, -0.25) is 0 Å². The van der Waals surface area contributed by atoms with Crippen molar-refractivity contribution >= 4 is 0 Å². The molecule has 0 aliphatic carbocycles. The van der Waals surface area contributed by atoms with Crippen molar-refractivity contribution in [1.29, 1.82) is 0 Å². The largest absolute Gasteiger partial charge is 0.313 e. The number of rotatable bonds is 3. The second kappa shape index (κ2) is 3.88. The minimum atomic E-state index is -0.261. The fourth-order valence-electron chi connectivity index (χ4n) is 1.38. The molecule has 0 radical (unpaired) electrons. The Morgan fingerprint density at radius 2 is 2.50 bits per heavy atom. The van der Waals surface area contributed by atoms with Crippen LogP contribution in [0.5, 0.6) is 0 Å². The zero-order chi connectivity index (χ0) is 7.40. The Kier molecular flexibility index (Phi) is 3.09. The van der Waals surface area contributed by atoms with Crippen LogP contribution < -0.4 is 10.6 Å². The normalized spacial score (nSPS) is 33.0. The molecule has 1 aliphatic rings. The summed E-state index contributed by atoms with van der Waals surface area (Å²) in [6.07, 6.45) is 1.13. The van der Waals surface area contributed by atoms with E-state index in [2.05, 4.69) is 17.6 Å². The predicted molar refractivity (Wildman–Crippen MR) is 39.8 cm³/mol. The summed E-state index contributed by atoms with van der Waals surface area (Å²) in [6.45, 7) is 3.42. The molecule has 0 unspecified atom stereocenters. The molecule has 2 N–H and O–H groups in total. The van der Waals surface area contributed by atoms with Crippen molar-refractivity contribution in [3.63, 3.8) is 0 Å². The average molecular weight is 146 g/mol. The van der Waals surface area contributed by atoms with Crippen LogP contribution in [-0.2, 0) is 0 Å². The van der Waals surface area contributed by atoms with E-state index < -0.39 is 0 Å². The summed E-state index contributed by atoms with van der Waals surface area (Å²) in [6, 6.07) is 0.988. The first kappa shape index (κ1) is 7.95. The summed E-state index contributed by atoms with van der Waals surface area (Å²) in [4.78, 5) is 0. The molecule has 1 saturated heterocycles. The fourth-order valence-corrected chi connectivity index (χ4v) is 1.38. The van der Waals surface area contributed by atoms with Crippen LogP contribution in [0, 0.1) is 0 Å². The van der Waals surface area contributed by atoms with Gasteiger partial charge in [0.1, 0.15) is 6.67 Å². The van der Waals surface area contributed by atoms with E-state index in [4.69, 9.17) is 0 Å². The lowest BCUT2D eigenvalue weighted by molar-refractivity contribution is 0.413. The lowest BCUT2D eigenvalue weighted by Gasteiger charge is -2.15. The van der Waals surface area contributed by atoms with E-state index in [-0.39, 0.29) is 6.67 Å². The molecule has 10 heavy (non-hydrogen) atoms. The summed E-state index contributed by atoms with van der Waals surface area (Å²) < 4.78 is 11.7. The standard InChI is InChI=1S/C7H15FN2/c1-6-7(2-4-9-6)10-5-3-8/h6-7,9-10H,2-5H2,1H3/t6-,7-/m0/s1. The highest BCUT2D eigenvalue weighted by Crippen LogP contribution is 2.04. The van der Waals surface area contributed by atoms with Gasteiger partial charge in [-0.2, -0.15) is 0 Å². The van der Waals surface area contributed by atoms with Crippen LogP contribution in [0.3, 0.4) is 0 Å². The summed E-state index contributed by atoms with van der Waals surface area (Å²) in [7, 11) is 0. The highest BCUT2D eigenvalue weighted by atomic mass is 19.1. The molecule has 1 rings (SSSR count). The smallest absolute Gasteiger partial charge is 0.102 e. The van der Waals surface area contributed by atoms with Crippen LogP contribution in [0.4, 0.5) is 4.39 Å². The number of hydrogen-bond donors (Lipinski definition) is 2. The van der Waals surface area contributed by atoms with Crippen molar-refractivity contribution in [3.05, 3.63) is 0 Å². The monoisotopic (exact) mass is 146 g/mol. The number of alkyl halides is 1. The first-order chi connectivity index (χ1) is 4.84. The molecule has 0 amide bonds. The maximum atomic E-state index is 11.7. The third kappa shape index (κ3) is 1.92. The highest BCUT2D eigenvalue weighted by molar-refractivity contribution is 4.85. The minimum Gasteiger partial charge on any atom is -0.313 e. The molecular weight excluding hydrogens is 131 g/mol. The van der Waals surface area contributed by atoms with Gasteiger partial charge in [-0.05, 0) is 19.9 Å². The minimum absolute atomic E-state index is 0.261. The molecule has 1 heterocycles. The first-order valence-corrected chi connectivity index (χ1v) is 3.87. The van der Waals surface area contributed by atoms with Gasteiger partial charge in [0.05, 0.1) is 0 Å². The van der Waals surface area contributed by atoms with Crippen LogP contribution in [0.15, 0.2) is 0 Å². The van der Waals surface area contributed by atoms with Crippen LogP contribution in [0.1, 0.15) is 13.3 Å². The van der Waals surface area contributed by atoms with Gasteiger partial charge in [0.25, 0.3) is 0 Å². The Morgan fingerprint density at radius 1 is 1.70 bits per heavy atom. The van der Waals surface area contributed by atoms with E-state index in [1.54, 1.807) is 0 Å².